The highest BCUT2D eigenvalue weighted by Gasteiger charge is 2.30. The lowest BCUT2D eigenvalue weighted by molar-refractivity contribution is 0.0626. The van der Waals surface area contributed by atoms with Gasteiger partial charge in [-0.05, 0) is 68.5 Å². The molecule has 2 rings (SSSR count). The molecule has 2 aliphatic carbocycles. The molecule has 0 N–H and O–H groups in total. The van der Waals surface area contributed by atoms with Crippen LogP contribution in [-0.4, -0.2) is 24.6 Å². The van der Waals surface area contributed by atoms with Crippen molar-refractivity contribution < 1.29 is 9.13 Å². The fourth-order valence-electron chi connectivity index (χ4n) is 3.32. The Morgan fingerprint density at radius 3 is 2.18 bits per heavy atom. The molecule has 2 fully saturated rings. The van der Waals surface area contributed by atoms with Crippen molar-refractivity contribution in [2.45, 2.75) is 76.3 Å². The van der Waals surface area contributed by atoms with E-state index in [-0.39, 0.29) is 5.25 Å². The maximum absolute atomic E-state index is 13.9. The van der Waals surface area contributed by atoms with Crippen LogP contribution in [0.3, 0.4) is 0 Å². The van der Waals surface area contributed by atoms with Crippen molar-refractivity contribution in [3.05, 3.63) is 12.2 Å². The first-order chi connectivity index (χ1) is 10.7. The molecular formula is C18H30FNOS. The zero-order chi connectivity index (χ0) is 16.4. The molecule has 3 atom stereocenters. The summed E-state index contributed by atoms with van der Waals surface area (Å²) in [6.45, 7) is 4.00. The highest BCUT2D eigenvalue weighted by Crippen LogP contribution is 2.35. The maximum Gasteiger partial charge on any atom is 0.133 e. The van der Waals surface area contributed by atoms with E-state index in [0.29, 0.717) is 24.4 Å². The number of alkyl halides is 1. The van der Waals surface area contributed by atoms with Gasteiger partial charge in [0, 0.05) is 7.11 Å². The highest BCUT2D eigenvalue weighted by molar-refractivity contribution is 8.04. The van der Waals surface area contributed by atoms with E-state index in [2.05, 4.69) is 12.2 Å². The summed E-state index contributed by atoms with van der Waals surface area (Å²) >= 11 is 1.10. The molecule has 0 amide bonds. The average Bonchev–Trinajstić information content (AvgIpc) is 2.57. The number of thioether (sulfide) groups is 1. The Morgan fingerprint density at radius 2 is 1.64 bits per heavy atom. The lowest BCUT2D eigenvalue weighted by atomic mass is 9.83. The Hall–Kier alpha value is -0.530. The maximum atomic E-state index is 13.9. The number of allylic oxidation sites excluding steroid dienone is 2. The largest absolute Gasteiger partial charge is 0.381 e. The third kappa shape index (κ3) is 6.30. The van der Waals surface area contributed by atoms with Crippen LogP contribution in [0.1, 0.15) is 58.8 Å². The minimum Gasteiger partial charge on any atom is -0.381 e. The van der Waals surface area contributed by atoms with E-state index in [0.717, 1.165) is 37.4 Å². The molecule has 0 aromatic carbocycles. The molecule has 4 heteroatoms. The molecule has 0 spiro atoms. The zero-order valence-corrected chi connectivity index (χ0v) is 14.9. The van der Waals surface area contributed by atoms with Crippen LogP contribution in [0.4, 0.5) is 4.39 Å². The first-order valence-electron chi connectivity index (χ1n) is 8.62. The highest BCUT2D eigenvalue weighted by atomic mass is 32.2. The predicted molar refractivity (Wildman–Crippen MR) is 92.5 cm³/mol. The molecule has 22 heavy (non-hydrogen) atoms. The Labute approximate surface area is 139 Å². The number of hydrogen-bond acceptors (Lipinski definition) is 3. The van der Waals surface area contributed by atoms with Gasteiger partial charge in [0.1, 0.15) is 11.6 Å². The fraction of sp³-hybridized carbons (Fsp3) is 0.833. The normalized spacial score (nSPS) is 35.5. The van der Waals surface area contributed by atoms with Gasteiger partial charge in [0.2, 0.25) is 0 Å². The molecule has 0 aromatic rings. The summed E-state index contributed by atoms with van der Waals surface area (Å²) in [5, 5.41) is 10.6. The van der Waals surface area contributed by atoms with Crippen molar-refractivity contribution in [1.29, 1.82) is 5.26 Å². The van der Waals surface area contributed by atoms with Crippen LogP contribution in [0.2, 0.25) is 0 Å². The quantitative estimate of drug-likeness (QED) is 0.505. The first kappa shape index (κ1) is 19.5. The second-order valence-electron chi connectivity index (χ2n) is 5.99. The van der Waals surface area contributed by atoms with Gasteiger partial charge in [0.25, 0.3) is 0 Å². The van der Waals surface area contributed by atoms with Gasteiger partial charge in [0.15, 0.2) is 0 Å². The molecule has 0 saturated heterocycles. The van der Waals surface area contributed by atoms with E-state index >= 15 is 0 Å². The van der Waals surface area contributed by atoms with E-state index in [1.807, 2.05) is 19.2 Å². The number of hydrogen-bond donors (Lipinski definition) is 0. The molecule has 2 nitrogen and oxygen atoms in total. The van der Waals surface area contributed by atoms with Crippen molar-refractivity contribution in [1.82, 2.24) is 0 Å². The summed E-state index contributed by atoms with van der Waals surface area (Å²) in [5.41, 5.74) is 0. The molecular weight excluding hydrogens is 297 g/mol. The SMILES string of the molecule is CC.COC1CCC(C=CC2CCC(SC#N)C(F)C2)CC1. The number of nitriles is 1. The first-order valence-corrected chi connectivity index (χ1v) is 9.50. The average molecular weight is 328 g/mol. The van der Waals surface area contributed by atoms with Crippen molar-refractivity contribution >= 4 is 11.8 Å². The van der Waals surface area contributed by atoms with Gasteiger partial charge in [-0.3, -0.25) is 0 Å². The van der Waals surface area contributed by atoms with Gasteiger partial charge in [-0.1, -0.05) is 26.0 Å². The third-order valence-corrected chi connectivity index (χ3v) is 5.60. The Morgan fingerprint density at radius 1 is 1.05 bits per heavy atom. The molecule has 0 aromatic heterocycles. The Bertz CT molecular complexity index is 361. The number of ether oxygens (including phenoxy) is 1. The standard InChI is InChI=1S/C16H24FNOS.C2H6/c1-19-14-7-4-12(5-8-14)2-3-13-6-9-16(20-11-18)15(17)10-13;1-2/h2-3,12-16H,4-10H2,1H3;1-2H3. The molecule has 2 aliphatic rings. The summed E-state index contributed by atoms with van der Waals surface area (Å²) < 4.78 is 19.3. The van der Waals surface area contributed by atoms with Crippen LogP contribution in [0.25, 0.3) is 0 Å². The van der Waals surface area contributed by atoms with Gasteiger partial charge >= 0.3 is 0 Å². The molecule has 2 saturated carbocycles. The molecule has 0 bridgehead atoms. The fourth-order valence-corrected chi connectivity index (χ4v) is 3.97. The summed E-state index contributed by atoms with van der Waals surface area (Å²) in [4.78, 5) is 0. The molecule has 0 radical (unpaired) electrons. The summed E-state index contributed by atoms with van der Waals surface area (Å²) in [5.74, 6) is 1.01. The second kappa shape index (κ2) is 11.1. The molecule has 0 aliphatic heterocycles. The van der Waals surface area contributed by atoms with E-state index in [1.54, 1.807) is 7.11 Å². The van der Waals surface area contributed by atoms with Crippen LogP contribution < -0.4 is 0 Å². The van der Waals surface area contributed by atoms with Crippen molar-refractivity contribution in [3.63, 3.8) is 0 Å². The Balaban J connectivity index is 0.00000116. The van der Waals surface area contributed by atoms with Crippen molar-refractivity contribution in [2.75, 3.05) is 7.11 Å². The Kier molecular flexibility index (Phi) is 9.82. The number of methoxy groups -OCH3 is 1. The van der Waals surface area contributed by atoms with Gasteiger partial charge in [-0.25, -0.2) is 4.39 Å². The van der Waals surface area contributed by atoms with E-state index in [1.165, 1.54) is 12.8 Å². The van der Waals surface area contributed by atoms with Crippen LogP contribution in [0, 0.1) is 22.5 Å². The topological polar surface area (TPSA) is 33.0 Å². The van der Waals surface area contributed by atoms with Gasteiger partial charge in [0.05, 0.1) is 11.4 Å². The number of nitrogens with zero attached hydrogens (tertiary/aromatic N) is 1. The number of rotatable bonds is 4. The molecule has 0 heterocycles. The second-order valence-corrected chi connectivity index (χ2v) is 7.02. The van der Waals surface area contributed by atoms with E-state index in [9.17, 15) is 4.39 Å². The van der Waals surface area contributed by atoms with Gasteiger partial charge < -0.3 is 4.74 Å². The zero-order valence-electron chi connectivity index (χ0n) is 14.1. The van der Waals surface area contributed by atoms with Crippen LogP contribution in [-0.2, 0) is 4.74 Å². The summed E-state index contributed by atoms with van der Waals surface area (Å²) in [7, 11) is 1.79. The van der Waals surface area contributed by atoms with E-state index in [4.69, 9.17) is 10.00 Å². The summed E-state index contributed by atoms with van der Waals surface area (Å²) in [6, 6.07) is 0. The summed E-state index contributed by atoms with van der Waals surface area (Å²) in [6.07, 6.45) is 11.2. The van der Waals surface area contributed by atoms with Crippen LogP contribution >= 0.6 is 11.8 Å². The van der Waals surface area contributed by atoms with Crippen molar-refractivity contribution in [2.24, 2.45) is 11.8 Å². The van der Waals surface area contributed by atoms with Gasteiger partial charge in [-0.15, -0.1) is 0 Å². The smallest absolute Gasteiger partial charge is 0.133 e. The minimum atomic E-state index is -0.827. The molecule has 126 valence electrons. The van der Waals surface area contributed by atoms with Crippen LogP contribution in [0.5, 0.6) is 0 Å². The predicted octanol–water partition coefficient (Wildman–Crippen LogP) is 5.50. The minimum absolute atomic E-state index is 0.109. The van der Waals surface area contributed by atoms with Gasteiger partial charge in [-0.2, -0.15) is 5.26 Å². The van der Waals surface area contributed by atoms with Crippen molar-refractivity contribution in [3.8, 4) is 5.40 Å². The van der Waals surface area contributed by atoms with Crippen LogP contribution in [0.15, 0.2) is 12.2 Å². The number of halogens is 1. The number of thiocyanates is 1. The van der Waals surface area contributed by atoms with E-state index < -0.39 is 6.17 Å². The molecule has 3 unspecified atom stereocenters. The monoisotopic (exact) mass is 327 g/mol. The lowest BCUT2D eigenvalue weighted by Gasteiger charge is -2.29. The lowest BCUT2D eigenvalue weighted by Crippen LogP contribution is -2.27. The third-order valence-electron chi connectivity index (χ3n) is 4.67.